The molecule has 0 aliphatic rings. The molecule has 0 saturated heterocycles. The Morgan fingerprint density at radius 2 is 2.00 bits per heavy atom. The number of thioether (sulfide) groups is 2. The molecule has 2 nitrogen and oxygen atoms in total. The summed E-state index contributed by atoms with van der Waals surface area (Å²) in [6, 6.07) is 8.90. The van der Waals surface area contributed by atoms with Crippen molar-refractivity contribution in [3.05, 3.63) is 29.8 Å². The minimum absolute atomic E-state index is 0.321. The molecular weight excluding hydrogens is 248 g/mol. The maximum absolute atomic E-state index is 5.86. The molecule has 4 heteroatoms. The second kappa shape index (κ2) is 7.67. The van der Waals surface area contributed by atoms with E-state index in [0.29, 0.717) is 11.2 Å². The van der Waals surface area contributed by atoms with E-state index in [1.807, 2.05) is 0 Å². The third-order valence-corrected chi connectivity index (χ3v) is 4.11. The SMILES string of the molecule is CC[C@@H](C)N=C(N)SCc1ccc(SC)cc1. The summed E-state index contributed by atoms with van der Waals surface area (Å²) in [6.07, 6.45) is 3.12. The van der Waals surface area contributed by atoms with Gasteiger partial charge < -0.3 is 5.73 Å². The summed E-state index contributed by atoms with van der Waals surface area (Å²) in [5.74, 6) is 0.889. The van der Waals surface area contributed by atoms with Crippen LogP contribution in [-0.4, -0.2) is 17.5 Å². The van der Waals surface area contributed by atoms with E-state index < -0.39 is 0 Å². The topological polar surface area (TPSA) is 38.4 Å². The predicted molar refractivity (Wildman–Crippen MR) is 80.9 cm³/mol. The Hall–Kier alpha value is -0.610. The molecule has 2 N–H and O–H groups in total. The van der Waals surface area contributed by atoms with Crippen LogP contribution in [0.2, 0.25) is 0 Å². The standard InChI is InChI=1S/C13H20N2S2/c1-4-10(2)15-13(14)17-9-11-5-7-12(16-3)8-6-11/h5-8,10H,4,9H2,1-3H3,(H2,14,15)/t10-/m1/s1. The summed E-state index contributed by atoms with van der Waals surface area (Å²) >= 11 is 3.37. The van der Waals surface area contributed by atoms with Crippen molar-refractivity contribution in [2.45, 2.75) is 37.0 Å². The molecule has 0 amide bonds. The van der Waals surface area contributed by atoms with Gasteiger partial charge in [0.1, 0.15) is 0 Å². The van der Waals surface area contributed by atoms with Crippen molar-refractivity contribution in [3.8, 4) is 0 Å². The average Bonchev–Trinajstić information content (AvgIpc) is 2.36. The van der Waals surface area contributed by atoms with Crippen molar-refractivity contribution < 1.29 is 0 Å². The monoisotopic (exact) mass is 268 g/mol. The molecule has 1 aromatic carbocycles. The number of aliphatic imine (C=N–C) groups is 1. The van der Waals surface area contributed by atoms with Gasteiger partial charge >= 0.3 is 0 Å². The zero-order valence-electron chi connectivity index (χ0n) is 10.6. The molecular formula is C13H20N2S2. The molecule has 0 spiro atoms. The maximum atomic E-state index is 5.86. The van der Waals surface area contributed by atoms with Crippen molar-refractivity contribution in [1.29, 1.82) is 0 Å². The van der Waals surface area contributed by atoms with E-state index in [9.17, 15) is 0 Å². The van der Waals surface area contributed by atoms with E-state index in [0.717, 1.165) is 12.2 Å². The van der Waals surface area contributed by atoms with E-state index in [4.69, 9.17) is 5.73 Å². The van der Waals surface area contributed by atoms with Gasteiger partial charge in [0.25, 0.3) is 0 Å². The Morgan fingerprint density at radius 1 is 1.35 bits per heavy atom. The number of hydrogen-bond donors (Lipinski definition) is 1. The van der Waals surface area contributed by atoms with Gasteiger partial charge in [-0.2, -0.15) is 0 Å². The zero-order chi connectivity index (χ0) is 12.7. The fourth-order valence-electron chi connectivity index (χ4n) is 1.22. The Morgan fingerprint density at radius 3 is 2.53 bits per heavy atom. The highest BCUT2D eigenvalue weighted by atomic mass is 32.2. The highest BCUT2D eigenvalue weighted by molar-refractivity contribution is 8.13. The number of amidine groups is 1. The lowest BCUT2D eigenvalue weighted by molar-refractivity contribution is 0.718. The molecule has 0 aliphatic heterocycles. The number of benzene rings is 1. The molecule has 1 atom stereocenters. The lowest BCUT2D eigenvalue weighted by Gasteiger charge is -2.05. The fourth-order valence-corrected chi connectivity index (χ4v) is 2.39. The normalized spacial score (nSPS) is 13.7. The predicted octanol–water partition coefficient (Wildman–Crippen LogP) is 3.75. The molecule has 1 aromatic rings. The quantitative estimate of drug-likeness (QED) is 0.502. The van der Waals surface area contributed by atoms with Gasteiger partial charge in [-0.05, 0) is 37.3 Å². The molecule has 0 heterocycles. The first kappa shape index (κ1) is 14.5. The number of rotatable bonds is 5. The Bertz CT molecular complexity index is 360. The number of hydrogen-bond acceptors (Lipinski definition) is 3. The van der Waals surface area contributed by atoms with E-state index in [1.165, 1.54) is 10.5 Å². The van der Waals surface area contributed by atoms with Crippen molar-refractivity contribution in [2.75, 3.05) is 6.26 Å². The van der Waals surface area contributed by atoms with Crippen molar-refractivity contribution in [3.63, 3.8) is 0 Å². The first-order valence-electron chi connectivity index (χ1n) is 5.74. The van der Waals surface area contributed by atoms with Crippen molar-refractivity contribution >= 4 is 28.7 Å². The summed E-state index contributed by atoms with van der Waals surface area (Å²) < 4.78 is 0. The van der Waals surface area contributed by atoms with Crippen molar-refractivity contribution in [1.82, 2.24) is 0 Å². The van der Waals surface area contributed by atoms with Gasteiger partial charge in [0, 0.05) is 16.7 Å². The molecule has 0 radical (unpaired) electrons. The molecule has 0 unspecified atom stereocenters. The highest BCUT2D eigenvalue weighted by Gasteiger charge is 2.00. The van der Waals surface area contributed by atoms with E-state index in [-0.39, 0.29) is 0 Å². The molecule has 1 rings (SSSR count). The van der Waals surface area contributed by atoms with E-state index in [2.05, 4.69) is 49.4 Å². The van der Waals surface area contributed by atoms with Crippen LogP contribution in [0.3, 0.4) is 0 Å². The fraction of sp³-hybridized carbons (Fsp3) is 0.462. The van der Waals surface area contributed by atoms with Crippen LogP contribution >= 0.6 is 23.5 Å². The minimum Gasteiger partial charge on any atom is -0.379 e. The molecule has 0 aliphatic carbocycles. The summed E-state index contributed by atoms with van der Waals surface area (Å²) in [7, 11) is 0. The first-order chi connectivity index (χ1) is 8.15. The van der Waals surface area contributed by atoms with Crippen LogP contribution in [0.25, 0.3) is 0 Å². The summed E-state index contributed by atoms with van der Waals surface area (Å²) in [5.41, 5.74) is 7.15. The van der Waals surface area contributed by atoms with E-state index >= 15 is 0 Å². The maximum Gasteiger partial charge on any atom is 0.154 e. The number of nitrogens with two attached hydrogens (primary N) is 1. The lowest BCUT2D eigenvalue weighted by Crippen LogP contribution is -2.11. The average molecular weight is 268 g/mol. The summed E-state index contributed by atoms with van der Waals surface area (Å²) in [5, 5.41) is 0.688. The Labute approximate surface area is 112 Å². The highest BCUT2D eigenvalue weighted by Crippen LogP contribution is 2.18. The number of nitrogens with zero attached hydrogens (tertiary/aromatic N) is 1. The van der Waals surface area contributed by atoms with Gasteiger partial charge in [-0.25, -0.2) is 0 Å². The molecule has 0 fully saturated rings. The minimum atomic E-state index is 0.321. The van der Waals surface area contributed by atoms with Gasteiger partial charge in [0.15, 0.2) is 5.17 Å². The van der Waals surface area contributed by atoms with E-state index in [1.54, 1.807) is 23.5 Å². The molecule has 0 saturated carbocycles. The summed E-state index contributed by atoms with van der Waals surface area (Å²) in [6.45, 7) is 4.20. The first-order valence-corrected chi connectivity index (χ1v) is 7.95. The second-order valence-corrected chi connectivity index (χ2v) is 5.74. The molecule has 17 heavy (non-hydrogen) atoms. The zero-order valence-corrected chi connectivity index (χ0v) is 12.3. The third kappa shape index (κ3) is 5.50. The van der Waals surface area contributed by atoms with Crippen LogP contribution in [-0.2, 0) is 5.75 Å². The van der Waals surface area contributed by atoms with Crippen LogP contribution in [0.1, 0.15) is 25.8 Å². The van der Waals surface area contributed by atoms with Crippen LogP contribution in [0.4, 0.5) is 0 Å². The second-order valence-electron chi connectivity index (χ2n) is 3.86. The van der Waals surface area contributed by atoms with Crippen molar-refractivity contribution in [2.24, 2.45) is 10.7 Å². The van der Waals surface area contributed by atoms with Gasteiger partial charge in [-0.3, -0.25) is 4.99 Å². The Balaban J connectivity index is 2.46. The van der Waals surface area contributed by atoms with Crippen LogP contribution in [0.5, 0.6) is 0 Å². The van der Waals surface area contributed by atoms with Crippen LogP contribution < -0.4 is 5.73 Å². The van der Waals surface area contributed by atoms with Gasteiger partial charge in [-0.1, -0.05) is 30.8 Å². The van der Waals surface area contributed by atoms with Gasteiger partial charge in [0.05, 0.1) is 0 Å². The lowest BCUT2D eigenvalue weighted by atomic mass is 10.2. The summed E-state index contributed by atoms with van der Waals surface area (Å²) in [4.78, 5) is 5.69. The van der Waals surface area contributed by atoms with Crippen LogP contribution in [0.15, 0.2) is 34.2 Å². The largest absolute Gasteiger partial charge is 0.379 e. The van der Waals surface area contributed by atoms with Gasteiger partial charge in [-0.15, -0.1) is 11.8 Å². The Kier molecular flexibility index (Phi) is 6.52. The van der Waals surface area contributed by atoms with Gasteiger partial charge in [0.2, 0.25) is 0 Å². The molecule has 0 aromatic heterocycles. The molecule has 94 valence electrons. The van der Waals surface area contributed by atoms with Crippen LogP contribution in [0, 0.1) is 0 Å². The third-order valence-electron chi connectivity index (χ3n) is 2.48. The molecule has 0 bridgehead atoms. The smallest absolute Gasteiger partial charge is 0.154 e.